The molecule has 18 aromatic rings. The van der Waals surface area contributed by atoms with Crippen LogP contribution in [0.15, 0.2) is 321 Å². The van der Waals surface area contributed by atoms with Gasteiger partial charge in [0.05, 0.1) is 109 Å². The molecule has 0 unspecified atom stereocenters. The predicted octanol–water partition coefficient (Wildman–Crippen LogP) is 20.2. The Hall–Kier alpha value is -14.1. The number of rotatable bonds is 1. The first-order valence-electron chi connectivity index (χ1n) is 38.6. The van der Waals surface area contributed by atoms with Crippen LogP contribution in [0.25, 0.3) is 132 Å². The molecule has 0 radical (unpaired) electrons. The van der Waals surface area contributed by atoms with Crippen molar-refractivity contribution < 1.29 is 59.6 Å². The van der Waals surface area contributed by atoms with Crippen LogP contribution in [0.3, 0.4) is 0 Å². The van der Waals surface area contributed by atoms with E-state index in [4.69, 9.17) is 27.9 Å². The Bertz CT molecular complexity index is 8240. The lowest BCUT2D eigenvalue weighted by Gasteiger charge is -2.23. The van der Waals surface area contributed by atoms with Crippen molar-refractivity contribution in [2.24, 2.45) is 0 Å². The number of pyridine rings is 6. The van der Waals surface area contributed by atoms with Gasteiger partial charge in [-0.3, -0.25) is 58.2 Å². The van der Waals surface area contributed by atoms with Crippen molar-refractivity contribution in [2.45, 2.75) is 43.2 Å². The van der Waals surface area contributed by atoms with Gasteiger partial charge in [-0.15, -0.1) is 0 Å². The molecule has 6 N–H and O–H groups in total. The zero-order valence-electron chi connectivity index (χ0n) is 66.3. The van der Waals surface area contributed by atoms with E-state index in [1.807, 2.05) is 159 Å². The summed E-state index contributed by atoms with van der Waals surface area (Å²) in [5, 5.41) is 6.20. The van der Waals surface area contributed by atoms with Crippen molar-refractivity contribution in [1.29, 1.82) is 0 Å². The van der Waals surface area contributed by atoms with Crippen molar-refractivity contribution in [3.8, 4) is 72.5 Å². The van der Waals surface area contributed by atoms with Gasteiger partial charge in [0, 0.05) is 147 Å². The maximum absolute atomic E-state index is 13.4. The Morgan fingerprint density at radius 3 is 1.02 bits per heavy atom. The first-order chi connectivity index (χ1) is 60.9. The number of anilines is 6. The molecule has 12 aromatic carbocycles. The molecule has 25 nitrogen and oxygen atoms in total. The minimum absolute atomic E-state index is 0.0507. The maximum Gasteiger partial charge on any atom is 0.262 e. The molecular weight excluding hydrogens is 1780 g/mol. The first kappa shape index (κ1) is 82.5. The van der Waals surface area contributed by atoms with Crippen LogP contribution in [-0.2, 0) is 60.1 Å². The number of methoxy groups -OCH3 is 1. The highest BCUT2D eigenvalue weighted by atomic mass is 35.5. The van der Waals surface area contributed by atoms with Crippen LogP contribution in [0.5, 0.6) is 5.75 Å². The molecule has 6 aliphatic heterocycles. The number of nitrogens with zero attached hydrogens (tertiary/aromatic N) is 6. The second-order valence-electron chi connectivity index (χ2n) is 29.8. The van der Waals surface area contributed by atoms with Gasteiger partial charge < -0.3 is 4.74 Å². The molecule has 12 heterocycles. The van der Waals surface area contributed by atoms with Crippen LogP contribution in [0.4, 0.5) is 38.5 Å². The smallest absolute Gasteiger partial charge is 0.262 e. The summed E-state index contributed by atoms with van der Waals surface area (Å²) >= 11 is 12.3. The lowest BCUT2D eigenvalue weighted by Crippen LogP contribution is -2.19. The van der Waals surface area contributed by atoms with Crippen LogP contribution < -0.4 is 33.1 Å². The maximum atomic E-state index is 13.4. The van der Waals surface area contributed by atoms with Gasteiger partial charge in [0.25, 0.3) is 60.1 Å². The van der Waals surface area contributed by atoms with Gasteiger partial charge in [0.1, 0.15) is 11.6 Å². The molecule has 0 saturated carbocycles. The van der Waals surface area contributed by atoms with E-state index >= 15 is 0 Å². The summed E-state index contributed by atoms with van der Waals surface area (Å²) in [6.07, 6.45) is 9.86. The molecule has 0 fully saturated rings. The lowest BCUT2D eigenvalue weighted by molar-refractivity contribution is 0.413. The molecule has 630 valence electrons. The molecule has 127 heavy (non-hydrogen) atoms. The third kappa shape index (κ3) is 14.9. The number of hydrogen-bond donors (Lipinski definition) is 6. The monoisotopic (exact) mass is 1840 g/mol. The Labute approximate surface area is 736 Å². The van der Waals surface area contributed by atoms with Crippen molar-refractivity contribution in [2.75, 3.05) is 35.4 Å². The van der Waals surface area contributed by atoms with Crippen LogP contribution in [0, 0.1) is 19.7 Å². The quantitative estimate of drug-likeness (QED) is 0.0889. The summed E-state index contributed by atoms with van der Waals surface area (Å²) in [4.78, 5) is 27.1. The number of aromatic nitrogens is 6. The van der Waals surface area contributed by atoms with E-state index in [-0.39, 0.29) is 19.6 Å². The highest BCUT2D eigenvalue weighted by molar-refractivity contribution is 7.94. The Morgan fingerprint density at radius 1 is 0.268 bits per heavy atom. The van der Waals surface area contributed by atoms with E-state index in [0.29, 0.717) is 121 Å². The topological polar surface area (TPSA) is 364 Å². The van der Waals surface area contributed by atoms with E-state index in [2.05, 4.69) is 58.2 Å². The van der Waals surface area contributed by atoms with Crippen LogP contribution in [0.1, 0.15) is 11.1 Å². The molecule has 6 aromatic heterocycles. The van der Waals surface area contributed by atoms with E-state index in [0.717, 1.165) is 88.5 Å². The summed E-state index contributed by atoms with van der Waals surface area (Å²) in [5.74, 6) is -0.0759. The van der Waals surface area contributed by atoms with Gasteiger partial charge >= 0.3 is 0 Å². The molecule has 0 bridgehead atoms. The molecule has 34 heteroatoms. The third-order valence-electron chi connectivity index (χ3n) is 21.8. The summed E-state index contributed by atoms with van der Waals surface area (Å²) in [5.41, 5.74) is 17.4. The standard InChI is InChI=1S/C16H12N2O3S.2C16H12N2O2S.2C15H9ClN2O2S.C15H9FN2O2S/c1-21-11-5-7-12-13-6-4-10-3-2-8-17-15(10)16(13)18-22(19,20)14(12)9-11;1-10-4-7-14-13(9-10)12-6-5-11-3-2-8-17-15(11)16(12)18-21(14,19)20;1-10-4-6-12-13-7-5-11-3-2-8-17-15(11)16(13)18-21(19,20)14(12)9-10;16-10-4-6-13-12(8-10)11-5-3-9-2-1-7-17-14(9)15(11)18-21(13,19)20;16-12-8-11-9-4-1-2-6-13(9)21(19,20)18-15(11)14-10(12)5-3-7-17-14;16-10-4-6-11-12-5-3-9-2-1-7-17-14(9)15(12)18-21(19,20)13(11)8-10/h2-9,18H,1H3;2*2-9,18H,1H3;3*1-8,18H. The SMILES string of the molecule is COc1ccc2c(c1)S(=O)(=O)Nc1c-2ccc2cccnc12.Cc1ccc2c(c1)-c1ccc3cccnc3c1NS2(=O)=O.Cc1ccc2c(c1)S(=O)(=O)Nc1c-2ccc2cccnc12.O=S1(=O)Nc2c(cc(Cl)c3cccnc23)-c2ccccc21.O=S1(=O)Nc2c(ccc3cccnc23)-c2cc(Cl)ccc21.O=S1(=O)Nc2c(ccc3cccnc23)-c2ccc(F)cc21. The molecule has 0 atom stereocenters. The van der Waals surface area contributed by atoms with Crippen LogP contribution in [-0.4, -0.2) is 87.5 Å². The summed E-state index contributed by atoms with van der Waals surface area (Å²) < 4.78 is 183. The third-order valence-corrected chi connectivity index (χ3v) is 30.8. The van der Waals surface area contributed by atoms with E-state index in [1.54, 1.807) is 116 Å². The van der Waals surface area contributed by atoms with Crippen molar-refractivity contribution in [3.63, 3.8) is 0 Å². The number of sulfonamides is 6. The molecule has 24 rings (SSSR count). The number of fused-ring (bicyclic) bond motifs is 30. The number of halogens is 3. The fourth-order valence-corrected chi connectivity index (χ4v) is 24.4. The average Bonchev–Trinajstić information content (AvgIpc) is 0.773. The van der Waals surface area contributed by atoms with Crippen LogP contribution in [0.2, 0.25) is 10.0 Å². The van der Waals surface area contributed by atoms with Crippen molar-refractivity contribution >= 4 is 183 Å². The fourth-order valence-electron chi connectivity index (χ4n) is 16.1. The second kappa shape index (κ2) is 31.5. The summed E-state index contributed by atoms with van der Waals surface area (Å²) in [6, 6.07) is 74.4. The second-order valence-corrected chi connectivity index (χ2v) is 40.5. The minimum atomic E-state index is -3.80. The largest absolute Gasteiger partial charge is 0.497 e. The van der Waals surface area contributed by atoms with Crippen molar-refractivity contribution in [1.82, 2.24) is 29.9 Å². The van der Waals surface area contributed by atoms with E-state index in [1.165, 1.54) is 31.4 Å². The van der Waals surface area contributed by atoms with E-state index < -0.39 is 66.0 Å². The Kier molecular flexibility index (Phi) is 20.5. The Balaban J connectivity index is 0.0000000993. The number of ether oxygens (including phenoxy) is 1. The molecule has 6 aliphatic rings. The molecule has 0 spiro atoms. The molecule has 0 aliphatic carbocycles. The average molecular weight is 1840 g/mol. The van der Waals surface area contributed by atoms with Gasteiger partial charge in [0.15, 0.2) is 0 Å². The highest BCUT2D eigenvalue weighted by Crippen LogP contribution is 2.50. The zero-order valence-corrected chi connectivity index (χ0v) is 72.7. The van der Waals surface area contributed by atoms with E-state index in [9.17, 15) is 54.9 Å². The normalized spacial score (nSPS) is 15.0. The van der Waals surface area contributed by atoms with Gasteiger partial charge in [-0.25, -0.2) is 54.9 Å². The van der Waals surface area contributed by atoms with Gasteiger partial charge in [-0.2, -0.15) is 0 Å². The predicted molar refractivity (Wildman–Crippen MR) is 494 cm³/mol. The first-order valence-corrected chi connectivity index (χ1v) is 48.3. The zero-order chi connectivity index (χ0) is 88.4. The number of nitrogens with one attached hydrogen (secondary N) is 6. The molecule has 0 amide bonds. The minimum Gasteiger partial charge on any atom is -0.497 e. The van der Waals surface area contributed by atoms with Crippen LogP contribution >= 0.6 is 23.2 Å². The van der Waals surface area contributed by atoms with Gasteiger partial charge in [0.2, 0.25) is 0 Å². The van der Waals surface area contributed by atoms with Gasteiger partial charge in [-0.05, 0) is 135 Å². The molecule has 0 saturated heterocycles. The number of benzene rings is 12. The summed E-state index contributed by atoms with van der Waals surface area (Å²) in [6.45, 7) is 3.83. The molecular formula is C93H63Cl2FN12O13S6. The lowest BCUT2D eigenvalue weighted by atomic mass is 9.99. The number of aryl methyl sites for hydroxylation is 2. The van der Waals surface area contributed by atoms with Crippen molar-refractivity contribution in [3.05, 3.63) is 319 Å². The fraction of sp³-hybridized carbons (Fsp3) is 0.0323. The highest BCUT2D eigenvalue weighted by Gasteiger charge is 2.36. The summed E-state index contributed by atoms with van der Waals surface area (Å²) in [7, 11) is -20.3. The number of hydrogen-bond acceptors (Lipinski definition) is 19. The van der Waals surface area contributed by atoms with Gasteiger partial charge in [-0.1, -0.05) is 162 Å². The Morgan fingerprint density at radius 2 is 0.583 bits per heavy atom.